The molecule has 6 fully saturated rings. The molecule has 3 aromatic carbocycles. The number of hydrogen-bond donors (Lipinski definition) is 2. The van der Waals surface area contributed by atoms with Crippen molar-refractivity contribution >= 4 is 68.5 Å². The molecular weight excluding hydrogens is 1180 g/mol. The molecule has 20 nitrogen and oxygen atoms in total. The van der Waals surface area contributed by atoms with E-state index < -0.39 is 29.5 Å². The number of fused-ring (bicyclic) bond motifs is 4. The number of methoxy groups -OCH3 is 1. The number of nitrogens with one attached hydrogen (secondary N) is 1. The fraction of sp³-hybridized carbons (Fsp3) is 0.536. The van der Waals surface area contributed by atoms with Crippen LogP contribution in [0.4, 0.5) is 26.8 Å². The van der Waals surface area contributed by atoms with Crippen molar-refractivity contribution in [2.24, 2.45) is 17.8 Å². The molecule has 0 saturated carbocycles. The lowest BCUT2D eigenvalue weighted by atomic mass is 9.83. The average molecular weight is 1260 g/mol. The van der Waals surface area contributed by atoms with Gasteiger partial charge in [-0.1, -0.05) is 68.4 Å². The number of aliphatic hydroxyl groups is 1. The Kier molecular flexibility index (Phi) is 17.5. The number of piperidine rings is 1. The number of carbonyl (C=O) groups is 3. The number of halogens is 1. The highest BCUT2D eigenvalue weighted by atomic mass is 32.1. The maximum atomic E-state index is 17.8. The van der Waals surface area contributed by atoms with Crippen LogP contribution in [-0.4, -0.2) is 171 Å². The van der Waals surface area contributed by atoms with Gasteiger partial charge in [0.1, 0.15) is 40.3 Å². The van der Waals surface area contributed by atoms with E-state index in [4.69, 9.17) is 33.7 Å². The maximum absolute atomic E-state index is 17.8. The van der Waals surface area contributed by atoms with Gasteiger partial charge in [-0.05, 0) is 144 Å². The molecule has 13 rings (SSSR count). The van der Waals surface area contributed by atoms with Crippen molar-refractivity contribution in [3.05, 3.63) is 101 Å². The Bertz CT molecular complexity index is 3800. The summed E-state index contributed by atoms with van der Waals surface area (Å²) in [6, 6.07) is 18.8. The van der Waals surface area contributed by atoms with Gasteiger partial charge >= 0.3 is 6.09 Å². The maximum Gasteiger partial charge on any atom is 0.410 e. The third-order valence-corrected chi connectivity index (χ3v) is 20.7. The summed E-state index contributed by atoms with van der Waals surface area (Å²) in [7, 11) is 1.57. The number of aryl methyl sites for hydroxylation is 2. The number of rotatable bonds is 18. The number of benzene rings is 3. The minimum Gasteiger partial charge on any atom is -0.468 e. The van der Waals surface area contributed by atoms with Crippen LogP contribution in [0.1, 0.15) is 122 Å². The summed E-state index contributed by atoms with van der Waals surface area (Å²) in [5.74, 6) is 2.02. The van der Waals surface area contributed by atoms with Crippen molar-refractivity contribution < 1.29 is 42.6 Å². The van der Waals surface area contributed by atoms with E-state index in [1.165, 1.54) is 4.90 Å². The van der Waals surface area contributed by atoms with Crippen molar-refractivity contribution in [2.45, 2.75) is 148 Å². The van der Waals surface area contributed by atoms with E-state index >= 15 is 4.39 Å². The van der Waals surface area contributed by atoms with E-state index in [-0.39, 0.29) is 72.9 Å². The highest BCUT2D eigenvalue weighted by molar-refractivity contribution is 7.13. The number of ether oxygens (including phenoxy) is 3. The van der Waals surface area contributed by atoms with Crippen LogP contribution < -0.4 is 24.8 Å². The Morgan fingerprint density at radius 2 is 1.60 bits per heavy atom. The lowest BCUT2D eigenvalue weighted by Crippen LogP contribution is -2.61. The first-order chi connectivity index (χ1) is 43.8. The van der Waals surface area contributed by atoms with Gasteiger partial charge in [0, 0.05) is 83.2 Å². The lowest BCUT2D eigenvalue weighted by Gasteiger charge is -2.48. The molecule has 91 heavy (non-hydrogen) atoms. The normalized spacial score (nSPS) is 21.6. The smallest absolute Gasteiger partial charge is 0.410 e. The van der Waals surface area contributed by atoms with E-state index in [1.807, 2.05) is 113 Å². The number of thiazole rings is 1. The number of anilines is 3. The summed E-state index contributed by atoms with van der Waals surface area (Å²) >= 11 is 1.59. The third kappa shape index (κ3) is 12.5. The Balaban J connectivity index is 0.642. The molecule has 6 saturated heterocycles. The molecule has 22 heteroatoms. The third-order valence-electron chi connectivity index (χ3n) is 19.7. The molecular formula is C69H85FN12O8S. The van der Waals surface area contributed by atoms with Crippen LogP contribution in [0.25, 0.3) is 43.4 Å². The molecule has 0 aliphatic carbocycles. The zero-order chi connectivity index (χ0) is 63.6. The van der Waals surface area contributed by atoms with E-state index in [0.717, 1.165) is 116 Å². The van der Waals surface area contributed by atoms with Gasteiger partial charge in [-0.2, -0.15) is 4.98 Å². The molecule has 3 amide bonds. The van der Waals surface area contributed by atoms with Crippen LogP contribution in [0, 0.1) is 30.5 Å². The van der Waals surface area contributed by atoms with Gasteiger partial charge < -0.3 is 48.8 Å². The van der Waals surface area contributed by atoms with Crippen LogP contribution >= 0.6 is 11.3 Å². The number of piperazine rings is 1. The standard InChI is InChI=1S/C69H85FN12O8S/c1-10-44-12-11-13-47-25-52(88-38-87-9)27-53(59(44)47)61-60(70)62-54(29-71-61)64(79-32-48-18-19-49(33-79)82(48)68(86)89-69(6,7)8)75-67(74-62)80-34-50(35-80)77-22-20-42(21-23-77)24-43-30-78(31-43)57-28-56(90-76-57)58(39(2)3)66(85)81-36-51(83)26-55(81)65(84)73-40(4)45-14-16-46(17-15-45)63-41(5)72-37-91-63/h11-17,25,27-29,37,39-40,42-43,48-51,55,58,83H,10,18-24,26,30-36,38H2,1-9H3,(H,73,84)/t40-,48?,49?,51+,55-,58+/m0/s1. The van der Waals surface area contributed by atoms with Crippen molar-refractivity contribution in [1.29, 1.82) is 0 Å². The van der Waals surface area contributed by atoms with Crippen LogP contribution in [-0.2, 0) is 25.5 Å². The summed E-state index contributed by atoms with van der Waals surface area (Å²) in [4.78, 5) is 75.3. The second-order valence-electron chi connectivity index (χ2n) is 27.5. The molecule has 482 valence electrons. The van der Waals surface area contributed by atoms with Gasteiger partial charge in [0.25, 0.3) is 0 Å². The number of β-amino-alcohol motifs (C(OH)–C–C–N with tert-alkyl or cyclic N) is 1. The predicted octanol–water partition coefficient (Wildman–Crippen LogP) is 10.5. The summed E-state index contributed by atoms with van der Waals surface area (Å²) in [6.45, 7) is 21.9. The number of hydrogen-bond acceptors (Lipinski definition) is 18. The second kappa shape index (κ2) is 25.5. The molecule has 6 aliphatic heterocycles. The summed E-state index contributed by atoms with van der Waals surface area (Å²) in [5, 5.41) is 20.8. The molecule has 0 radical (unpaired) electrons. The van der Waals surface area contributed by atoms with Gasteiger partial charge in [0.05, 0.1) is 45.7 Å². The molecule has 10 heterocycles. The first-order valence-electron chi connectivity index (χ1n) is 32.6. The molecule has 2 bridgehead atoms. The zero-order valence-electron chi connectivity index (χ0n) is 53.7. The Hall–Kier alpha value is -7.53. The minimum atomic E-state index is -0.823. The molecule has 7 aromatic rings. The summed E-state index contributed by atoms with van der Waals surface area (Å²) in [6.07, 6.45) is 6.49. The summed E-state index contributed by atoms with van der Waals surface area (Å²) in [5.41, 5.74) is 6.28. The highest BCUT2D eigenvalue weighted by Crippen LogP contribution is 2.43. The largest absolute Gasteiger partial charge is 0.468 e. The van der Waals surface area contributed by atoms with Crippen molar-refractivity contribution in [3.63, 3.8) is 0 Å². The number of carbonyl (C=O) groups excluding carboxylic acids is 3. The minimum absolute atomic E-state index is 0.0389. The number of amides is 3. The molecule has 2 N–H and O–H groups in total. The van der Waals surface area contributed by atoms with Crippen LogP contribution in [0.5, 0.6) is 5.75 Å². The zero-order valence-corrected chi connectivity index (χ0v) is 54.5. The van der Waals surface area contributed by atoms with Crippen LogP contribution in [0.3, 0.4) is 0 Å². The Morgan fingerprint density at radius 1 is 0.868 bits per heavy atom. The van der Waals surface area contributed by atoms with Crippen molar-refractivity contribution in [2.75, 3.05) is 87.5 Å². The number of aliphatic hydroxyl groups excluding tert-OH is 1. The first kappa shape index (κ1) is 62.3. The molecule has 6 aliphatic rings. The van der Waals surface area contributed by atoms with Gasteiger partial charge in [-0.15, -0.1) is 11.3 Å². The second-order valence-corrected chi connectivity index (χ2v) is 28.3. The number of aromatic nitrogens is 5. The van der Waals surface area contributed by atoms with Crippen molar-refractivity contribution in [1.82, 2.24) is 45.1 Å². The SMILES string of the molecule is CCc1cccc2cc(OCOC)cc(-c3ncc4c(N5CC6CCC(C5)N6C(=O)OC(C)(C)C)nc(N5CC(N6CCC(CC7CN(c8cc([C@H](C(=O)N9C[C@H](O)C[C@H]9C(=O)N[C@@H](C)c9ccc(-c%10scnc%10C)cc9)C(C)C)on8)C7)CC6)C5)nc4c3F)c12. The molecule has 0 spiro atoms. The van der Waals surface area contributed by atoms with Gasteiger partial charge in [-0.3, -0.25) is 24.4 Å². The van der Waals surface area contributed by atoms with E-state index in [9.17, 15) is 19.5 Å². The van der Waals surface area contributed by atoms with Crippen molar-refractivity contribution in [3.8, 4) is 27.4 Å². The monoisotopic (exact) mass is 1260 g/mol. The lowest BCUT2D eigenvalue weighted by molar-refractivity contribution is -0.141. The number of likely N-dealkylation sites (tertiary alicyclic amines) is 2. The van der Waals surface area contributed by atoms with E-state index in [0.29, 0.717) is 71.0 Å². The van der Waals surface area contributed by atoms with Crippen LogP contribution in [0.2, 0.25) is 0 Å². The Labute approximate surface area is 535 Å². The average Bonchev–Trinajstić information content (AvgIpc) is 0.961. The predicted molar refractivity (Wildman–Crippen MR) is 349 cm³/mol. The van der Waals surface area contributed by atoms with Gasteiger partial charge in [-0.25, -0.2) is 19.2 Å². The fourth-order valence-corrected chi connectivity index (χ4v) is 15.7. The topological polar surface area (TPSA) is 208 Å². The molecule has 6 atom stereocenters. The molecule has 2 unspecified atom stereocenters. The van der Waals surface area contributed by atoms with Gasteiger partial charge in [0.15, 0.2) is 24.2 Å². The fourth-order valence-electron chi connectivity index (χ4n) is 14.9. The van der Waals surface area contributed by atoms with Crippen LogP contribution in [0.15, 0.2) is 76.9 Å². The Morgan fingerprint density at radius 3 is 2.29 bits per heavy atom. The molecule has 4 aromatic heterocycles. The number of nitrogens with zero attached hydrogens (tertiary/aromatic N) is 11. The van der Waals surface area contributed by atoms with Gasteiger partial charge in [0.2, 0.25) is 17.8 Å². The summed E-state index contributed by atoms with van der Waals surface area (Å²) < 4.78 is 40.9. The first-order valence-corrected chi connectivity index (χ1v) is 33.5. The van der Waals surface area contributed by atoms with E-state index in [1.54, 1.807) is 24.6 Å². The quantitative estimate of drug-likeness (QED) is 0.0766. The number of pyridine rings is 1. The van der Waals surface area contributed by atoms with E-state index in [2.05, 4.69) is 48.0 Å². The highest BCUT2D eigenvalue weighted by Gasteiger charge is 2.47.